The van der Waals surface area contributed by atoms with Gasteiger partial charge in [-0.2, -0.15) is 0 Å². The molecule has 0 spiro atoms. The van der Waals surface area contributed by atoms with Crippen molar-refractivity contribution in [1.29, 1.82) is 0 Å². The van der Waals surface area contributed by atoms with Crippen LogP contribution in [0.5, 0.6) is 0 Å². The zero-order valence-electron chi connectivity index (χ0n) is 20.8. The molecule has 2 nitrogen and oxygen atoms in total. The smallest absolute Gasteiger partial charge is 0.0534 e. The monoisotopic (exact) mass is 476 g/mol. The number of nitrogens with two attached hydrogens (primary N) is 1. The van der Waals surface area contributed by atoms with Crippen LogP contribution in [-0.4, -0.2) is 4.57 Å². The topological polar surface area (TPSA) is 30.9 Å². The molecule has 0 amide bonds. The zero-order valence-corrected chi connectivity index (χ0v) is 20.8. The Balaban J connectivity index is 1.60. The van der Waals surface area contributed by atoms with E-state index in [4.69, 9.17) is 5.73 Å². The van der Waals surface area contributed by atoms with Crippen molar-refractivity contribution in [2.45, 2.75) is 6.92 Å². The largest absolute Gasteiger partial charge is 0.398 e. The second-order valence-corrected chi connectivity index (χ2v) is 9.16. The summed E-state index contributed by atoms with van der Waals surface area (Å²) in [6, 6.07) is 40.4. The molecule has 1 aromatic heterocycles. The van der Waals surface area contributed by atoms with Gasteiger partial charge in [0.25, 0.3) is 0 Å². The summed E-state index contributed by atoms with van der Waals surface area (Å²) in [5.74, 6) is 0. The van der Waals surface area contributed by atoms with E-state index in [1.54, 1.807) is 0 Å². The molecule has 5 aromatic carbocycles. The number of nitrogen functional groups attached to an aromatic ring is 1. The molecule has 0 unspecified atom stereocenters. The molecule has 0 radical (unpaired) electrons. The Bertz CT molecular complexity index is 1770. The molecule has 0 bridgehead atoms. The van der Waals surface area contributed by atoms with Gasteiger partial charge in [-0.3, -0.25) is 0 Å². The van der Waals surface area contributed by atoms with Gasteiger partial charge in [0.15, 0.2) is 0 Å². The summed E-state index contributed by atoms with van der Waals surface area (Å²) in [5.41, 5.74) is 15.5. The maximum absolute atomic E-state index is 6.73. The van der Waals surface area contributed by atoms with Crippen LogP contribution in [0, 0.1) is 0 Å². The fourth-order valence-electron chi connectivity index (χ4n) is 5.25. The van der Waals surface area contributed by atoms with Gasteiger partial charge in [0, 0.05) is 28.5 Å². The summed E-state index contributed by atoms with van der Waals surface area (Å²) in [4.78, 5) is 0. The van der Waals surface area contributed by atoms with Gasteiger partial charge in [-0.05, 0) is 70.3 Å². The van der Waals surface area contributed by atoms with Gasteiger partial charge >= 0.3 is 0 Å². The molecule has 0 aliphatic heterocycles. The highest BCUT2D eigenvalue weighted by atomic mass is 15.0. The molecular formula is C35H28N2. The first-order valence-corrected chi connectivity index (χ1v) is 12.6. The molecule has 0 saturated carbocycles. The average Bonchev–Trinajstić information content (AvgIpc) is 3.39. The van der Waals surface area contributed by atoms with Crippen LogP contribution in [0.4, 0.5) is 5.69 Å². The molecule has 0 aliphatic carbocycles. The predicted molar refractivity (Wildman–Crippen MR) is 159 cm³/mol. The summed E-state index contributed by atoms with van der Waals surface area (Å²) in [6.07, 6.45) is 8.50. The molecule has 0 aliphatic rings. The van der Waals surface area contributed by atoms with Crippen molar-refractivity contribution in [3.63, 3.8) is 0 Å². The van der Waals surface area contributed by atoms with Crippen molar-refractivity contribution < 1.29 is 0 Å². The number of anilines is 1. The number of hydrogen-bond acceptors (Lipinski definition) is 1. The van der Waals surface area contributed by atoms with Crippen molar-refractivity contribution in [2.75, 3.05) is 5.73 Å². The van der Waals surface area contributed by atoms with Crippen molar-refractivity contribution >= 4 is 32.9 Å². The van der Waals surface area contributed by atoms with E-state index in [-0.39, 0.29) is 0 Å². The van der Waals surface area contributed by atoms with Crippen LogP contribution >= 0.6 is 0 Å². The molecule has 0 atom stereocenters. The second-order valence-electron chi connectivity index (χ2n) is 9.16. The molecule has 2 heteroatoms. The highest BCUT2D eigenvalue weighted by molar-refractivity contribution is 6.15. The maximum atomic E-state index is 6.73. The Morgan fingerprint density at radius 2 is 1.38 bits per heavy atom. The quantitative estimate of drug-likeness (QED) is 0.195. The number of benzene rings is 5. The number of fused-ring (bicyclic) bond motifs is 3. The molecule has 6 aromatic rings. The van der Waals surface area contributed by atoms with Crippen molar-refractivity contribution in [1.82, 2.24) is 4.57 Å². The first kappa shape index (κ1) is 22.6. The van der Waals surface area contributed by atoms with Gasteiger partial charge in [-0.15, -0.1) is 0 Å². The van der Waals surface area contributed by atoms with E-state index < -0.39 is 0 Å². The third-order valence-electron chi connectivity index (χ3n) is 6.96. The summed E-state index contributed by atoms with van der Waals surface area (Å²) >= 11 is 0. The lowest BCUT2D eigenvalue weighted by Crippen LogP contribution is -1.97. The van der Waals surface area contributed by atoms with Crippen molar-refractivity contribution in [3.8, 4) is 16.8 Å². The number of nitrogens with zero attached hydrogens (tertiary/aromatic N) is 1. The van der Waals surface area contributed by atoms with Crippen molar-refractivity contribution in [2.24, 2.45) is 0 Å². The highest BCUT2D eigenvalue weighted by Gasteiger charge is 2.17. The minimum Gasteiger partial charge on any atom is -0.398 e. The number of rotatable bonds is 5. The van der Waals surface area contributed by atoms with Gasteiger partial charge < -0.3 is 10.3 Å². The van der Waals surface area contributed by atoms with Gasteiger partial charge in [0.2, 0.25) is 0 Å². The zero-order chi connectivity index (χ0) is 25.2. The van der Waals surface area contributed by atoms with E-state index in [2.05, 4.69) is 132 Å². The van der Waals surface area contributed by atoms with E-state index in [0.29, 0.717) is 0 Å². The lowest BCUT2D eigenvalue weighted by Gasteiger charge is -2.18. The summed E-state index contributed by atoms with van der Waals surface area (Å²) in [6.45, 7) is 2.04. The van der Waals surface area contributed by atoms with Gasteiger partial charge in [0.1, 0.15) is 0 Å². The molecule has 0 saturated heterocycles. The lowest BCUT2D eigenvalue weighted by atomic mass is 9.87. The van der Waals surface area contributed by atoms with E-state index in [0.717, 1.165) is 33.5 Å². The summed E-state index contributed by atoms with van der Waals surface area (Å²) in [7, 11) is 0. The standard InChI is InChI=1S/C35H28N2/c1-2-3-16-27(25-12-6-4-7-13-25)28-17-10-11-18-31(28)35-32-20-22-34-30(29(32)19-21-33(35)36)23-24-37(34)26-14-8-5-9-15-26/h2-24H,36H2,1H3/b3-2-,27-16?. The molecule has 178 valence electrons. The predicted octanol–water partition coefficient (Wildman–Crippen LogP) is 9.04. The molecule has 37 heavy (non-hydrogen) atoms. The van der Waals surface area contributed by atoms with Crippen LogP contribution in [0.25, 0.3) is 44.1 Å². The Hall–Kier alpha value is -4.82. The molecule has 6 rings (SSSR count). The molecule has 2 N–H and O–H groups in total. The van der Waals surface area contributed by atoms with Crippen LogP contribution in [0.3, 0.4) is 0 Å². The Kier molecular flexibility index (Phi) is 5.92. The molecule has 0 fully saturated rings. The van der Waals surface area contributed by atoms with Crippen LogP contribution in [0.1, 0.15) is 18.1 Å². The average molecular weight is 477 g/mol. The summed E-state index contributed by atoms with van der Waals surface area (Å²) < 4.78 is 2.24. The first-order valence-electron chi connectivity index (χ1n) is 12.6. The fraction of sp³-hybridized carbons (Fsp3) is 0.0286. The van der Waals surface area contributed by atoms with Gasteiger partial charge in [0.05, 0.1) is 5.52 Å². The number of hydrogen-bond donors (Lipinski definition) is 1. The SMILES string of the molecule is C/C=C\C=C(c1ccccc1)c1ccccc1-c1c(N)ccc2c1ccc1c2ccn1-c1ccccc1. The highest BCUT2D eigenvalue weighted by Crippen LogP contribution is 2.41. The van der Waals surface area contributed by atoms with E-state index >= 15 is 0 Å². The van der Waals surface area contributed by atoms with Gasteiger partial charge in [-0.1, -0.05) is 103 Å². The summed E-state index contributed by atoms with van der Waals surface area (Å²) in [5, 5.41) is 3.57. The Labute approximate surface area is 217 Å². The van der Waals surface area contributed by atoms with E-state index in [9.17, 15) is 0 Å². The minimum atomic E-state index is 0.778. The van der Waals surface area contributed by atoms with Crippen LogP contribution < -0.4 is 5.73 Å². The van der Waals surface area contributed by atoms with E-state index in [1.807, 2.05) is 19.1 Å². The Morgan fingerprint density at radius 1 is 0.676 bits per heavy atom. The van der Waals surface area contributed by atoms with Gasteiger partial charge in [-0.25, -0.2) is 0 Å². The number of allylic oxidation sites excluding steroid dienone is 3. The second kappa shape index (κ2) is 9.67. The number of para-hydroxylation sites is 1. The van der Waals surface area contributed by atoms with E-state index in [1.165, 1.54) is 27.4 Å². The van der Waals surface area contributed by atoms with Crippen molar-refractivity contribution in [3.05, 3.63) is 151 Å². The number of aromatic nitrogens is 1. The Morgan fingerprint density at radius 3 is 2.16 bits per heavy atom. The first-order chi connectivity index (χ1) is 18.3. The lowest BCUT2D eigenvalue weighted by molar-refractivity contribution is 1.13. The van der Waals surface area contributed by atoms with Crippen LogP contribution in [0.2, 0.25) is 0 Å². The van der Waals surface area contributed by atoms with Crippen LogP contribution in [-0.2, 0) is 0 Å². The minimum absolute atomic E-state index is 0.778. The van der Waals surface area contributed by atoms with Crippen LogP contribution in [0.15, 0.2) is 140 Å². The fourth-order valence-corrected chi connectivity index (χ4v) is 5.25. The normalized spacial score (nSPS) is 12.1. The third-order valence-corrected chi connectivity index (χ3v) is 6.96. The molecular weight excluding hydrogens is 448 g/mol. The molecule has 1 heterocycles. The maximum Gasteiger partial charge on any atom is 0.0534 e. The third kappa shape index (κ3) is 4.03.